The van der Waals surface area contributed by atoms with Crippen molar-refractivity contribution in [3.8, 4) is 5.75 Å². The minimum Gasteiger partial charge on any atom is -0.487 e. The zero-order valence-electron chi connectivity index (χ0n) is 16.8. The highest BCUT2D eigenvalue weighted by Gasteiger charge is 2.41. The van der Waals surface area contributed by atoms with Crippen LogP contribution in [0, 0.1) is 13.8 Å². The smallest absolute Gasteiger partial charge is 0.290 e. The number of rotatable bonds is 6. The minimum atomic E-state index is -0.760. The molecule has 4 heterocycles. The van der Waals surface area contributed by atoms with Crippen LogP contribution in [-0.4, -0.2) is 50.2 Å². The van der Waals surface area contributed by atoms with Gasteiger partial charge in [0, 0.05) is 18.3 Å². The number of furan rings is 1. The molecule has 0 aromatic carbocycles. The van der Waals surface area contributed by atoms with Crippen LogP contribution in [0.4, 0.5) is 0 Å². The maximum Gasteiger partial charge on any atom is 0.290 e. The number of pyridine rings is 1. The van der Waals surface area contributed by atoms with Crippen molar-refractivity contribution in [3.05, 3.63) is 65.6 Å². The van der Waals surface area contributed by atoms with E-state index < -0.39 is 17.9 Å². The molecule has 1 fully saturated rings. The van der Waals surface area contributed by atoms with Gasteiger partial charge in [-0.1, -0.05) is 0 Å². The number of carbonyl (C=O) groups excluding carboxylic acids is 2. The number of amides is 2. The average Bonchev–Trinajstić information content (AvgIpc) is 3.42. The molecular weight excluding hydrogens is 386 g/mol. The largest absolute Gasteiger partial charge is 0.487 e. The Hall–Kier alpha value is -3.62. The van der Waals surface area contributed by atoms with Gasteiger partial charge < -0.3 is 19.8 Å². The Morgan fingerprint density at radius 1 is 1.30 bits per heavy atom. The molecule has 156 valence electrons. The SMILES string of the molecule is Cc1cc(C)n(Cc2ccc(C(=O)N3C[C@@H](Oc4cccnc4)C[C@H]3C(N)=O)o2)n1. The molecule has 3 aromatic rings. The molecule has 3 aromatic heterocycles. The second kappa shape index (κ2) is 8.02. The topological polar surface area (TPSA) is 116 Å². The Morgan fingerprint density at radius 2 is 2.13 bits per heavy atom. The van der Waals surface area contributed by atoms with Crippen LogP contribution < -0.4 is 10.5 Å². The van der Waals surface area contributed by atoms with E-state index in [9.17, 15) is 9.59 Å². The standard InChI is InChI=1S/C21H23N5O4/c1-13-8-14(2)26(24-13)12-16-5-6-19(30-16)21(28)25-11-17(9-18(25)20(22)27)29-15-4-3-7-23-10-15/h3-8,10,17-18H,9,11-12H2,1-2H3,(H2,22,27)/t17-,18-/m0/s1. The summed E-state index contributed by atoms with van der Waals surface area (Å²) in [5, 5.41) is 4.40. The third-order valence-electron chi connectivity index (χ3n) is 5.07. The first-order valence-electron chi connectivity index (χ1n) is 9.67. The molecule has 4 rings (SSSR count). The van der Waals surface area contributed by atoms with Gasteiger partial charge in [-0.25, -0.2) is 0 Å². The molecule has 9 heteroatoms. The Labute approximate surface area is 173 Å². The van der Waals surface area contributed by atoms with Crippen molar-refractivity contribution in [1.82, 2.24) is 19.7 Å². The van der Waals surface area contributed by atoms with E-state index in [-0.39, 0.29) is 18.4 Å². The van der Waals surface area contributed by atoms with Crippen molar-refractivity contribution in [2.75, 3.05) is 6.54 Å². The van der Waals surface area contributed by atoms with E-state index in [1.54, 1.807) is 36.7 Å². The van der Waals surface area contributed by atoms with Gasteiger partial charge in [-0.05, 0) is 44.2 Å². The number of likely N-dealkylation sites (tertiary alicyclic amines) is 1. The monoisotopic (exact) mass is 409 g/mol. The second-order valence-corrected chi connectivity index (χ2v) is 7.39. The quantitative estimate of drug-likeness (QED) is 0.662. The Kier molecular flexibility index (Phi) is 5.26. The first kappa shape index (κ1) is 19.7. The molecular formula is C21H23N5O4. The van der Waals surface area contributed by atoms with Gasteiger partial charge in [-0.15, -0.1) is 0 Å². The number of primary amides is 1. The summed E-state index contributed by atoms with van der Waals surface area (Å²) < 4.78 is 13.4. The Bertz CT molecular complexity index is 1060. The predicted octanol–water partition coefficient (Wildman–Crippen LogP) is 1.68. The van der Waals surface area contributed by atoms with Crippen LogP contribution in [-0.2, 0) is 11.3 Å². The van der Waals surface area contributed by atoms with Gasteiger partial charge in [0.1, 0.15) is 23.7 Å². The molecule has 0 unspecified atom stereocenters. The summed E-state index contributed by atoms with van der Waals surface area (Å²) in [6.45, 7) is 4.52. The first-order chi connectivity index (χ1) is 14.4. The van der Waals surface area contributed by atoms with Gasteiger partial charge in [-0.2, -0.15) is 5.10 Å². The summed E-state index contributed by atoms with van der Waals surface area (Å²) in [5.74, 6) is 0.360. The van der Waals surface area contributed by atoms with Gasteiger partial charge >= 0.3 is 0 Å². The molecule has 0 spiro atoms. The Morgan fingerprint density at radius 3 is 2.80 bits per heavy atom. The van der Waals surface area contributed by atoms with Gasteiger partial charge in [0.2, 0.25) is 5.91 Å². The highest BCUT2D eigenvalue weighted by Crippen LogP contribution is 2.25. The minimum absolute atomic E-state index is 0.153. The van der Waals surface area contributed by atoms with Crippen LogP contribution in [0.3, 0.4) is 0 Å². The molecule has 2 N–H and O–H groups in total. The number of hydrogen-bond donors (Lipinski definition) is 1. The summed E-state index contributed by atoms with van der Waals surface area (Å²) >= 11 is 0. The molecule has 9 nitrogen and oxygen atoms in total. The fourth-order valence-corrected chi connectivity index (χ4v) is 3.69. The zero-order chi connectivity index (χ0) is 21.3. The summed E-state index contributed by atoms with van der Waals surface area (Å²) in [6, 6.07) is 8.09. The number of carbonyl (C=O) groups is 2. The number of aryl methyl sites for hydroxylation is 2. The Balaban J connectivity index is 1.48. The van der Waals surface area contributed by atoms with E-state index in [0.717, 1.165) is 11.4 Å². The molecule has 1 aliphatic heterocycles. The van der Waals surface area contributed by atoms with Crippen molar-refractivity contribution >= 4 is 11.8 Å². The normalized spacial score (nSPS) is 18.5. The average molecular weight is 409 g/mol. The summed E-state index contributed by atoms with van der Waals surface area (Å²) in [5.41, 5.74) is 7.46. The van der Waals surface area contributed by atoms with Crippen molar-refractivity contribution in [3.63, 3.8) is 0 Å². The highest BCUT2D eigenvalue weighted by molar-refractivity contribution is 5.95. The molecule has 30 heavy (non-hydrogen) atoms. The molecule has 0 saturated carbocycles. The van der Waals surface area contributed by atoms with Crippen molar-refractivity contribution < 1.29 is 18.7 Å². The van der Waals surface area contributed by atoms with Crippen LogP contribution >= 0.6 is 0 Å². The summed E-state index contributed by atoms with van der Waals surface area (Å²) in [6.07, 6.45) is 3.18. The van der Waals surface area contributed by atoms with Crippen LogP contribution in [0.5, 0.6) is 5.75 Å². The molecule has 0 bridgehead atoms. The predicted molar refractivity (Wildman–Crippen MR) is 107 cm³/mol. The molecule has 0 radical (unpaired) electrons. The molecule has 1 aliphatic rings. The van der Waals surface area contributed by atoms with Crippen LogP contribution in [0.1, 0.15) is 34.1 Å². The fraction of sp³-hybridized carbons (Fsp3) is 0.333. The highest BCUT2D eigenvalue weighted by atomic mass is 16.5. The zero-order valence-corrected chi connectivity index (χ0v) is 16.8. The maximum atomic E-state index is 13.0. The van der Waals surface area contributed by atoms with Gasteiger partial charge in [0.15, 0.2) is 5.76 Å². The van der Waals surface area contributed by atoms with Gasteiger partial charge in [-0.3, -0.25) is 19.3 Å². The molecule has 0 aliphatic carbocycles. The van der Waals surface area contributed by atoms with E-state index >= 15 is 0 Å². The van der Waals surface area contributed by atoms with E-state index in [4.69, 9.17) is 14.9 Å². The third kappa shape index (κ3) is 4.05. The van der Waals surface area contributed by atoms with Crippen LogP contribution in [0.15, 0.2) is 47.1 Å². The van der Waals surface area contributed by atoms with E-state index in [1.165, 1.54) is 4.90 Å². The van der Waals surface area contributed by atoms with Crippen molar-refractivity contribution in [2.45, 2.75) is 39.0 Å². The number of ether oxygens (including phenoxy) is 1. The lowest BCUT2D eigenvalue weighted by molar-refractivity contribution is -0.121. The lowest BCUT2D eigenvalue weighted by Gasteiger charge is -2.20. The number of nitrogens with two attached hydrogens (primary N) is 1. The van der Waals surface area contributed by atoms with E-state index in [0.29, 0.717) is 24.5 Å². The van der Waals surface area contributed by atoms with E-state index in [1.807, 2.05) is 24.6 Å². The lowest BCUT2D eigenvalue weighted by Crippen LogP contribution is -2.43. The van der Waals surface area contributed by atoms with Crippen LogP contribution in [0.2, 0.25) is 0 Å². The number of aromatic nitrogens is 3. The lowest BCUT2D eigenvalue weighted by atomic mass is 10.2. The number of hydrogen-bond acceptors (Lipinski definition) is 6. The number of nitrogens with zero attached hydrogens (tertiary/aromatic N) is 4. The van der Waals surface area contributed by atoms with Crippen LogP contribution in [0.25, 0.3) is 0 Å². The van der Waals surface area contributed by atoms with Gasteiger partial charge in [0.25, 0.3) is 5.91 Å². The maximum absolute atomic E-state index is 13.0. The molecule has 2 amide bonds. The summed E-state index contributed by atoms with van der Waals surface area (Å²) in [4.78, 5) is 30.4. The van der Waals surface area contributed by atoms with E-state index in [2.05, 4.69) is 10.1 Å². The summed E-state index contributed by atoms with van der Waals surface area (Å²) in [7, 11) is 0. The van der Waals surface area contributed by atoms with Gasteiger partial charge in [0.05, 0.1) is 25.0 Å². The third-order valence-corrected chi connectivity index (χ3v) is 5.07. The van der Waals surface area contributed by atoms with Crippen molar-refractivity contribution in [2.24, 2.45) is 5.73 Å². The van der Waals surface area contributed by atoms with Crippen molar-refractivity contribution in [1.29, 1.82) is 0 Å². The fourth-order valence-electron chi connectivity index (χ4n) is 3.69. The molecule has 2 atom stereocenters. The first-order valence-corrected chi connectivity index (χ1v) is 9.67. The molecule has 1 saturated heterocycles. The second-order valence-electron chi connectivity index (χ2n) is 7.39.